The molecule has 3 rings (SSSR count). The van der Waals surface area contributed by atoms with Gasteiger partial charge in [-0.15, -0.1) is 0 Å². The summed E-state index contributed by atoms with van der Waals surface area (Å²) in [7, 11) is 1.61. The zero-order valence-corrected chi connectivity index (χ0v) is 16.4. The first-order valence-electron chi connectivity index (χ1n) is 9.61. The Labute approximate surface area is 165 Å². The summed E-state index contributed by atoms with van der Waals surface area (Å²) in [5.41, 5.74) is 1.53. The van der Waals surface area contributed by atoms with Gasteiger partial charge in [0.25, 0.3) is 0 Å². The SMILES string of the molecule is COc1ccc(NC(=O)[C@H](C)N2CCC[C@H](C(=O)Nc3ccccc3)C2)cc1. The van der Waals surface area contributed by atoms with Crippen LogP contribution in [0.15, 0.2) is 54.6 Å². The molecule has 1 fully saturated rings. The second-order valence-corrected chi connectivity index (χ2v) is 7.08. The molecule has 1 heterocycles. The third-order valence-electron chi connectivity index (χ3n) is 5.15. The number of carbonyl (C=O) groups is 2. The molecule has 1 aliphatic rings. The molecule has 148 valence electrons. The molecule has 0 aromatic heterocycles. The second-order valence-electron chi connectivity index (χ2n) is 7.08. The van der Waals surface area contributed by atoms with Gasteiger partial charge < -0.3 is 15.4 Å². The third kappa shape index (κ3) is 5.10. The van der Waals surface area contributed by atoms with E-state index in [-0.39, 0.29) is 23.8 Å². The van der Waals surface area contributed by atoms with Crippen LogP contribution in [0.3, 0.4) is 0 Å². The van der Waals surface area contributed by atoms with Crippen LogP contribution in [-0.4, -0.2) is 43.0 Å². The molecule has 0 aliphatic carbocycles. The summed E-state index contributed by atoms with van der Waals surface area (Å²) in [6.45, 7) is 3.28. The number of methoxy groups -OCH3 is 1. The molecule has 0 radical (unpaired) electrons. The number of para-hydroxylation sites is 1. The number of ether oxygens (including phenoxy) is 1. The van der Waals surface area contributed by atoms with Crippen LogP contribution < -0.4 is 15.4 Å². The van der Waals surface area contributed by atoms with Gasteiger partial charge in [-0.1, -0.05) is 18.2 Å². The van der Waals surface area contributed by atoms with E-state index in [0.717, 1.165) is 36.5 Å². The van der Waals surface area contributed by atoms with Crippen molar-refractivity contribution in [1.82, 2.24) is 4.90 Å². The molecule has 2 aromatic carbocycles. The molecular formula is C22H27N3O3. The lowest BCUT2D eigenvalue weighted by atomic mass is 9.95. The molecule has 6 heteroatoms. The maximum atomic E-state index is 12.6. The van der Waals surface area contributed by atoms with Crippen molar-refractivity contribution in [2.24, 2.45) is 5.92 Å². The van der Waals surface area contributed by atoms with E-state index in [9.17, 15) is 9.59 Å². The van der Waals surface area contributed by atoms with Gasteiger partial charge in [-0.05, 0) is 62.7 Å². The van der Waals surface area contributed by atoms with Gasteiger partial charge in [0.15, 0.2) is 0 Å². The summed E-state index contributed by atoms with van der Waals surface area (Å²) in [6, 6.07) is 16.4. The van der Waals surface area contributed by atoms with E-state index in [1.807, 2.05) is 61.5 Å². The van der Waals surface area contributed by atoms with Gasteiger partial charge in [0.1, 0.15) is 5.75 Å². The Hall–Kier alpha value is -2.86. The Morgan fingerprint density at radius 1 is 1.04 bits per heavy atom. The lowest BCUT2D eigenvalue weighted by molar-refractivity contribution is -0.125. The number of nitrogens with zero attached hydrogens (tertiary/aromatic N) is 1. The van der Waals surface area contributed by atoms with Gasteiger partial charge in [-0.25, -0.2) is 0 Å². The summed E-state index contributed by atoms with van der Waals surface area (Å²) in [5.74, 6) is 0.562. The Kier molecular flexibility index (Phi) is 6.66. The molecule has 2 atom stereocenters. The van der Waals surface area contributed by atoms with Crippen LogP contribution in [0.4, 0.5) is 11.4 Å². The monoisotopic (exact) mass is 381 g/mol. The largest absolute Gasteiger partial charge is 0.497 e. The van der Waals surface area contributed by atoms with E-state index in [4.69, 9.17) is 4.74 Å². The molecule has 6 nitrogen and oxygen atoms in total. The Morgan fingerprint density at radius 2 is 1.71 bits per heavy atom. The van der Waals surface area contributed by atoms with E-state index in [1.54, 1.807) is 7.11 Å². The van der Waals surface area contributed by atoms with Crippen molar-refractivity contribution in [3.63, 3.8) is 0 Å². The van der Waals surface area contributed by atoms with Crippen LogP contribution in [0.25, 0.3) is 0 Å². The smallest absolute Gasteiger partial charge is 0.241 e. The zero-order valence-electron chi connectivity index (χ0n) is 16.4. The predicted octanol–water partition coefficient (Wildman–Crippen LogP) is 3.37. The average molecular weight is 381 g/mol. The molecular weight excluding hydrogens is 354 g/mol. The zero-order chi connectivity index (χ0) is 19.9. The molecule has 28 heavy (non-hydrogen) atoms. The van der Waals surface area contributed by atoms with Gasteiger partial charge >= 0.3 is 0 Å². The van der Waals surface area contributed by atoms with Gasteiger partial charge in [-0.3, -0.25) is 14.5 Å². The quantitative estimate of drug-likeness (QED) is 0.805. The maximum absolute atomic E-state index is 12.6. The number of anilines is 2. The van der Waals surface area contributed by atoms with E-state index >= 15 is 0 Å². The molecule has 0 bridgehead atoms. The highest BCUT2D eigenvalue weighted by Gasteiger charge is 2.30. The van der Waals surface area contributed by atoms with Crippen LogP contribution in [-0.2, 0) is 9.59 Å². The first-order valence-corrected chi connectivity index (χ1v) is 9.61. The summed E-state index contributed by atoms with van der Waals surface area (Å²) in [4.78, 5) is 27.3. The van der Waals surface area contributed by atoms with Crippen LogP contribution in [0.1, 0.15) is 19.8 Å². The first kappa shape index (κ1) is 19.9. The number of amides is 2. The van der Waals surface area contributed by atoms with Crippen molar-refractivity contribution in [1.29, 1.82) is 0 Å². The van der Waals surface area contributed by atoms with Crippen molar-refractivity contribution >= 4 is 23.2 Å². The molecule has 0 unspecified atom stereocenters. The van der Waals surface area contributed by atoms with E-state index in [0.29, 0.717) is 6.54 Å². The van der Waals surface area contributed by atoms with Crippen LogP contribution in [0.2, 0.25) is 0 Å². The highest BCUT2D eigenvalue weighted by Crippen LogP contribution is 2.22. The number of hydrogen-bond donors (Lipinski definition) is 2. The van der Waals surface area contributed by atoms with Crippen LogP contribution in [0, 0.1) is 5.92 Å². The van der Waals surface area contributed by atoms with Crippen molar-refractivity contribution < 1.29 is 14.3 Å². The summed E-state index contributed by atoms with van der Waals surface area (Å²) in [6.07, 6.45) is 1.73. The van der Waals surface area contributed by atoms with Crippen molar-refractivity contribution in [2.45, 2.75) is 25.8 Å². The maximum Gasteiger partial charge on any atom is 0.241 e. The normalized spacial score (nSPS) is 18.1. The van der Waals surface area contributed by atoms with Gasteiger partial charge in [0.2, 0.25) is 11.8 Å². The number of piperidine rings is 1. The fourth-order valence-corrected chi connectivity index (χ4v) is 3.42. The highest BCUT2D eigenvalue weighted by atomic mass is 16.5. The fourth-order valence-electron chi connectivity index (χ4n) is 3.42. The van der Waals surface area contributed by atoms with Gasteiger partial charge in [-0.2, -0.15) is 0 Å². The predicted molar refractivity (Wildman–Crippen MR) is 110 cm³/mol. The second kappa shape index (κ2) is 9.37. The number of carbonyl (C=O) groups excluding carboxylic acids is 2. The Balaban J connectivity index is 1.56. The molecule has 2 N–H and O–H groups in total. The number of nitrogens with one attached hydrogen (secondary N) is 2. The minimum atomic E-state index is -0.311. The molecule has 0 saturated carbocycles. The summed E-state index contributed by atoms with van der Waals surface area (Å²) >= 11 is 0. The van der Waals surface area contributed by atoms with Crippen LogP contribution >= 0.6 is 0 Å². The highest BCUT2D eigenvalue weighted by molar-refractivity contribution is 5.95. The Bertz CT molecular complexity index is 792. The molecule has 2 aromatic rings. The minimum Gasteiger partial charge on any atom is -0.497 e. The van der Waals surface area contributed by atoms with Crippen molar-refractivity contribution in [3.8, 4) is 5.75 Å². The standard InChI is InChI=1S/C22H27N3O3/c1-16(21(26)23-19-10-12-20(28-2)13-11-19)25-14-6-7-17(15-25)22(27)24-18-8-4-3-5-9-18/h3-5,8-13,16-17H,6-7,14-15H2,1-2H3,(H,23,26)(H,24,27)/t16-,17-/m0/s1. The number of hydrogen-bond acceptors (Lipinski definition) is 4. The minimum absolute atomic E-state index is 0.0127. The average Bonchev–Trinajstić information content (AvgIpc) is 2.74. The number of likely N-dealkylation sites (tertiary alicyclic amines) is 1. The lowest BCUT2D eigenvalue weighted by Gasteiger charge is -2.35. The van der Waals surface area contributed by atoms with Crippen molar-refractivity contribution in [2.75, 3.05) is 30.8 Å². The van der Waals surface area contributed by atoms with Gasteiger partial charge in [0, 0.05) is 17.9 Å². The number of benzene rings is 2. The van der Waals surface area contributed by atoms with Crippen LogP contribution in [0.5, 0.6) is 5.75 Å². The Morgan fingerprint density at radius 3 is 2.39 bits per heavy atom. The van der Waals surface area contributed by atoms with E-state index < -0.39 is 0 Å². The van der Waals surface area contributed by atoms with Gasteiger partial charge in [0.05, 0.1) is 19.1 Å². The molecule has 2 amide bonds. The fraction of sp³-hybridized carbons (Fsp3) is 0.364. The van der Waals surface area contributed by atoms with E-state index in [1.165, 1.54) is 0 Å². The summed E-state index contributed by atoms with van der Waals surface area (Å²) in [5, 5.41) is 5.91. The molecule has 1 aliphatic heterocycles. The lowest BCUT2D eigenvalue weighted by Crippen LogP contribution is -2.49. The molecule has 0 spiro atoms. The first-order chi connectivity index (χ1) is 13.6. The number of rotatable bonds is 6. The third-order valence-corrected chi connectivity index (χ3v) is 5.15. The van der Waals surface area contributed by atoms with E-state index in [2.05, 4.69) is 15.5 Å². The summed E-state index contributed by atoms with van der Waals surface area (Å²) < 4.78 is 5.13. The topological polar surface area (TPSA) is 70.7 Å². The molecule has 1 saturated heterocycles. The van der Waals surface area contributed by atoms with Crippen molar-refractivity contribution in [3.05, 3.63) is 54.6 Å².